The molecule has 0 atom stereocenters. The van der Waals surface area contributed by atoms with E-state index in [0.717, 1.165) is 66.0 Å². The predicted molar refractivity (Wildman–Crippen MR) is 180 cm³/mol. The number of hydrogen-bond donors (Lipinski definition) is 0. The topological polar surface area (TPSA) is 24.7 Å². The van der Waals surface area contributed by atoms with Crippen molar-refractivity contribution >= 4 is 48.1 Å². The summed E-state index contributed by atoms with van der Waals surface area (Å²) in [5, 5.41) is 0. The summed E-state index contributed by atoms with van der Waals surface area (Å²) in [4.78, 5) is 12.1. The number of benzene rings is 6. The second-order valence-corrected chi connectivity index (χ2v) is 10.6. The van der Waals surface area contributed by atoms with Crippen molar-refractivity contribution in [1.29, 1.82) is 0 Å². The molecule has 0 aliphatic heterocycles. The second kappa shape index (κ2) is 14.3. The Morgan fingerprint density at radius 2 is 0.698 bits per heavy atom. The van der Waals surface area contributed by atoms with E-state index < -0.39 is 0 Å². The molecule has 0 saturated heterocycles. The zero-order valence-electron chi connectivity index (χ0n) is 23.4. The monoisotopic (exact) mass is 638 g/mol. The van der Waals surface area contributed by atoms with Crippen LogP contribution in [-0.4, -0.2) is 11.4 Å². The number of hydrogen-bond acceptors (Lipinski definition) is 4. The van der Waals surface area contributed by atoms with Crippen molar-refractivity contribution in [2.45, 2.75) is 9.79 Å². The molecular weight excluding hydrogens is 614 g/mol. The maximum atomic E-state index is 5.74. The van der Waals surface area contributed by atoms with Gasteiger partial charge in [-0.25, -0.2) is 9.98 Å². The molecule has 6 aromatic carbocycles. The first-order chi connectivity index (χ1) is 20.7. The van der Waals surface area contributed by atoms with Crippen molar-refractivity contribution in [3.63, 3.8) is 0 Å². The number of aliphatic imine (C=N–C) groups is 2. The third-order valence-corrected chi connectivity index (χ3v) is 7.65. The molecule has 0 radical (unpaired) electrons. The largest absolute Gasteiger partial charge is 2.00 e. The van der Waals surface area contributed by atoms with Crippen molar-refractivity contribution in [3.8, 4) is 11.1 Å². The molecule has 0 aliphatic carbocycles. The van der Waals surface area contributed by atoms with Crippen LogP contribution >= 0.6 is 0 Å². The first kappa shape index (κ1) is 30.2. The minimum atomic E-state index is 0. The van der Waals surface area contributed by atoms with Gasteiger partial charge >= 0.3 is 19.5 Å². The molecule has 0 amide bonds. The molecule has 6 rings (SSSR count). The van der Waals surface area contributed by atoms with E-state index in [1.54, 1.807) is 0 Å². The van der Waals surface area contributed by atoms with Crippen LogP contribution in [0, 0.1) is 0 Å². The van der Waals surface area contributed by atoms with Crippen molar-refractivity contribution in [1.82, 2.24) is 0 Å². The Bertz CT molecular complexity index is 1760. The van der Waals surface area contributed by atoms with Gasteiger partial charge in [-0.1, -0.05) is 146 Å². The molecule has 0 N–H and O–H groups in total. The van der Waals surface area contributed by atoms with E-state index in [-0.39, 0.29) is 19.5 Å². The van der Waals surface area contributed by atoms with Crippen LogP contribution < -0.4 is 0 Å². The third-order valence-electron chi connectivity index (χ3n) is 6.94. The maximum absolute atomic E-state index is 5.74. The van der Waals surface area contributed by atoms with Crippen LogP contribution in [0.5, 0.6) is 0 Å². The summed E-state index contributed by atoms with van der Waals surface area (Å²) in [5.41, 5.74) is 9.15. The molecule has 0 spiro atoms. The molecular formula is C38H26N2S2Zn. The summed E-state index contributed by atoms with van der Waals surface area (Å²) in [5.74, 6) is 0. The summed E-state index contributed by atoms with van der Waals surface area (Å²) in [6.45, 7) is 0. The van der Waals surface area contributed by atoms with Gasteiger partial charge in [0.1, 0.15) is 0 Å². The van der Waals surface area contributed by atoms with Gasteiger partial charge in [-0.3, -0.25) is 0 Å². The summed E-state index contributed by atoms with van der Waals surface area (Å²) in [6.07, 6.45) is 0. The van der Waals surface area contributed by atoms with Crippen LogP contribution in [0.1, 0.15) is 22.3 Å². The van der Waals surface area contributed by atoms with Gasteiger partial charge in [-0.05, 0) is 23.3 Å². The van der Waals surface area contributed by atoms with E-state index >= 15 is 0 Å². The molecule has 0 bridgehead atoms. The first-order valence-electron chi connectivity index (χ1n) is 13.7. The van der Waals surface area contributed by atoms with Crippen LogP contribution in [0.25, 0.3) is 11.1 Å². The summed E-state index contributed by atoms with van der Waals surface area (Å²) < 4.78 is 0. The molecule has 0 heterocycles. The standard InChI is InChI=1S/C38H28N2S2.Zn/c41-35-25-13-9-21-31(35)37(27-15-3-1-4-16-27)39-33-23-11-7-19-29(33)30-20-8-12-24-34(30)40-38(28-17-5-2-6-18-28)32-22-10-14-26-36(32)42;/h1-26,41-42H;/q;+2/p-2. The Morgan fingerprint density at radius 1 is 0.372 bits per heavy atom. The Balaban J connectivity index is 0.00000368. The van der Waals surface area contributed by atoms with Gasteiger partial charge in [-0.15, -0.1) is 0 Å². The van der Waals surface area contributed by atoms with Crippen molar-refractivity contribution in [2.75, 3.05) is 0 Å². The van der Waals surface area contributed by atoms with Crippen molar-refractivity contribution in [3.05, 3.63) is 180 Å². The van der Waals surface area contributed by atoms with Gasteiger partial charge in [0.25, 0.3) is 0 Å². The van der Waals surface area contributed by atoms with Gasteiger partial charge in [0.2, 0.25) is 0 Å². The second-order valence-electron chi connectivity index (χ2n) is 9.68. The van der Waals surface area contributed by atoms with E-state index in [9.17, 15) is 0 Å². The normalized spacial score (nSPS) is 11.5. The molecule has 6 aromatic rings. The van der Waals surface area contributed by atoms with Gasteiger partial charge in [0.05, 0.1) is 22.8 Å². The Kier molecular flexibility index (Phi) is 10.0. The zero-order chi connectivity index (χ0) is 28.7. The number of nitrogens with zero attached hydrogens (tertiary/aromatic N) is 2. The predicted octanol–water partition coefficient (Wildman–Crippen LogP) is 9.50. The first-order valence-corrected chi connectivity index (χ1v) is 14.5. The summed E-state index contributed by atoms with van der Waals surface area (Å²) in [7, 11) is 0. The fraction of sp³-hybridized carbons (Fsp3) is 0. The van der Waals surface area contributed by atoms with Gasteiger partial charge in [-0.2, -0.15) is 9.79 Å². The zero-order valence-corrected chi connectivity index (χ0v) is 28.0. The van der Waals surface area contributed by atoms with E-state index in [0.29, 0.717) is 0 Å². The summed E-state index contributed by atoms with van der Waals surface area (Å²) in [6, 6.07) is 52.6. The van der Waals surface area contributed by atoms with Crippen LogP contribution in [0.4, 0.5) is 11.4 Å². The molecule has 0 unspecified atom stereocenters. The van der Waals surface area contributed by atoms with Crippen molar-refractivity contribution < 1.29 is 19.5 Å². The average molecular weight is 640 g/mol. The van der Waals surface area contributed by atoms with E-state index in [1.807, 2.05) is 121 Å². The minimum absolute atomic E-state index is 0. The summed E-state index contributed by atoms with van der Waals surface area (Å²) >= 11 is 11.5. The van der Waals surface area contributed by atoms with E-state index in [4.69, 9.17) is 35.2 Å². The molecule has 2 nitrogen and oxygen atoms in total. The molecule has 202 valence electrons. The quantitative estimate of drug-likeness (QED) is 0.0987. The SMILES string of the molecule is [S-]c1ccccc1C(=Nc1ccccc1-c1ccccc1N=C(c1ccccc1)c1ccccc1[S-])c1ccccc1.[Zn+2]. The average Bonchev–Trinajstić information content (AvgIpc) is 3.05. The molecule has 0 fully saturated rings. The molecule has 0 saturated carbocycles. The Morgan fingerprint density at radius 3 is 1.09 bits per heavy atom. The van der Waals surface area contributed by atoms with Crippen LogP contribution in [0.3, 0.4) is 0 Å². The molecule has 5 heteroatoms. The smallest absolute Gasteiger partial charge is 0.779 e. The van der Waals surface area contributed by atoms with Gasteiger partial charge in [0, 0.05) is 22.3 Å². The van der Waals surface area contributed by atoms with Gasteiger partial charge < -0.3 is 25.3 Å². The third kappa shape index (κ3) is 6.87. The molecule has 0 aliphatic rings. The van der Waals surface area contributed by atoms with Crippen molar-refractivity contribution in [2.24, 2.45) is 9.98 Å². The van der Waals surface area contributed by atoms with Crippen LogP contribution in [0.15, 0.2) is 178 Å². The minimum Gasteiger partial charge on any atom is -0.779 e. The van der Waals surface area contributed by atoms with Gasteiger partial charge in [0.15, 0.2) is 0 Å². The molecule has 0 aromatic heterocycles. The fourth-order valence-corrected chi connectivity index (χ4v) is 5.40. The Hall–Kier alpha value is -4.28. The maximum Gasteiger partial charge on any atom is 2.00 e. The van der Waals surface area contributed by atoms with Crippen LogP contribution in [0.2, 0.25) is 0 Å². The fourth-order valence-electron chi connectivity index (χ4n) is 4.92. The van der Waals surface area contributed by atoms with E-state index in [1.165, 1.54) is 0 Å². The molecule has 43 heavy (non-hydrogen) atoms. The number of para-hydroxylation sites is 2. The van der Waals surface area contributed by atoms with E-state index in [2.05, 4.69) is 36.4 Å². The number of rotatable bonds is 7. The van der Waals surface area contributed by atoms with Crippen LogP contribution in [-0.2, 0) is 44.7 Å². The Labute approximate surface area is 276 Å².